The number of carbonyl (C=O) groups is 1. The van der Waals surface area contributed by atoms with E-state index in [4.69, 9.17) is 11.6 Å². The fourth-order valence-corrected chi connectivity index (χ4v) is 6.48. The van der Waals surface area contributed by atoms with Crippen LogP contribution in [0.3, 0.4) is 0 Å². The minimum absolute atomic E-state index is 0.193. The number of unbranched alkanes of at least 4 members (excludes halogenated alkanes) is 1. The molecule has 1 amide bonds. The van der Waals surface area contributed by atoms with Gasteiger partial charge < -0.3 is 4.90 Å². The smallest absolute Gasteiger partial charge is 0.260 e. The first-order valence-corrected chi connectivity index (χ1v) is 14.4. The number of carbonyl (C=O) groups excluding carboxylic acids is 1. The maximum atomic E-state index is 13.6. The van der Waals surface area contributed by atoms with Crippen molar-refractivity contribution < 1.29 is 13.2 Å². The Morgan fingerprint density at radius 2 is 1.71 bits per heavy atom. The molecule has 10 heteroatoms. The highest BCUT2D eigenvalue weighted by Gasteiger charge is 2.25. The van der Waals surface area contributed by atoms with Crippen molar-refractivity contribution in [3.63, 3.8) is 0 Å². The van der Waals surface area contributed by atoms with E-state index < -0.39 is 10.0 Å². The maximum Gasteiger partial charge on any atom is 0.260 e. The number of fused-ring (bicyclic) bond motifs is 1. The van der Waals surface area contributed by atoms with Gasteiger partial charge in [-0.1, -0.05) is 49.3 Å². The minimum atomic E-state index is -3.61. The lowest BCUT2D eigenvalue weighted by Crippen LogP contribution is -2.34. The second-order valence-electron chi connectivity index (χ2n) is 8.57. The Bertz CT molecular complexity index is 1240. The number of aromatic nitrogens is 1. The number of halogens is 1. The number of hydrogen-bond donors (Lipinski definition) is 0. The summed E-state index contributed by atoms with van der Waals surface area (Å²) in [5.74, 6) is -0.221. The molecule has 0 N–H and O–H groups in total. The highest BCUT2D eigenvalue weighted by atomic mass is 35.5. The standard InChI is InChI=1S/C25H33ClN4O3S2/c1-5-7-17-29(6-2)35(32,33)20-14-12-19(13-15-20)24(31)30(18-9-16-28(3)4)25-27-23-21(26)10-8-11-22(23)34-25/h8,10-15H,5-7,9,16-18H2,1-4H3. The van der Waals surface area contributed by atoms with Crippen molar-refractivity contribution in [3.05, 3.63) is 53.1 Å². The van der Waals surface area contributed by atoms with Gasteiger partial charge in [0.1, 0.15) is 5.52 Å². The molecule has 0 aliphatic carbocycles. The number of para-hydroxylation sites is 1. The summed E-state index contributed by atoms with van der Waals surface area (Å²) in [5, 5.41) is 1.12. The van der Waals surface area contributed by atoms with Crippen molar-refractivity contribution >= 4 is 54.2 Å². The zero-order valence-corrected chi connectivity index (χ0v) is 23.1. The number of thiazole rings is 1. The Kier molecular flexibility index (Phi) is 9.66. The number of hydrogen-bond acceptors (Lipinski definition) is 6. The lowest BCUT2D eigenvalue weighted by molar-refractivity contribution is 0.0986. The number of anilines is 1. The molecule has 0 saturated carbocycles. The third-order valence-corrected chi connectivity index (χ3v) is 9.01. The normalized spacial score (nSPS) is 12.1. The van der Waals surface area contributed by atoms with Crippen LogP contribution in [0.4, 0.5) is 5.13 Å². The van der Waals surface area contributed by atoms with Crippen molar-refractivity contribution in [1.29, 1.82) is 0 Å². The molecule has 1 heterocycles. The van der Waals surface area contributed by atoms with E-state index in [9.17, 15) is 13.2 Å². The fourth-order valence-electron chi connectivity index (χ4n) is 3.70. The lowest BCUT2D eigenvalue weighted by atomic mass is 10.2. The van der Waals surface area contributed by atoms with Crippen LogP contribution in [-0.4, -0.2) is 68.8 Å². The summed E-state index contributed by atoms with van der Waals surface area (Å²) >= 11 is 7.74. The summed E-state index contributed by atoms with van der Waals surface area (Å²) in [7, 11) is 0.372. The molecule has 2 aromatic carbocycles. The van der Waals surface area contributed by atoms with Gasteiger partial charge in [0.2, 0.25) is 10.0 Å². The zero-order chi connectivity index (χ0) is 25.6. The first-order valence-electron chi connectivity index (χ1n) is 11.8. The lowest BCUT2D eigenvalue weighted by Gasteiger charge is -2.22. The first-order chi connectivity index (χ1) is 16.7. The van der Waals surface area contributed by atoms with E-state index in [0.717, 1.165) is 30.5 Å². The molecule has 35 heavy (non-hydrogen) atoms. The van der Waals surface area contributed by atoms with Crippen LogP contribution in [0.5, 0.6) is 0 Å². The van der Waals surface area contributed by atoms with E-state index in [1.807, 2.05) is 40.1 Å². The Hall–Kier alpha value is -2.04. The molecule has 3 rings (SSSR count). The van der Waals surface area contributed by atoms with Crippen molar-refractivity contribution in [3.8, 4) is 0 Å². The van der Waals surface area contributed by atoms with Gasteiger partial charge in [-0.15, -0.1) is 0 Å². The van der Waals surface area contributed by atoms with E-state index in [1.54, 1.807) is 23.1 Å². The molecule has 0 aliphatic heterocycles. The van der Waals surface area contributed by atoms with Crippen LogP contribution >= 0.6 is 22.9 Å². The molecule has 0 spiro atoms. The van der Waals surface area contributed by atoms with Gasteiger partial charge in [0, 0.05) is 25.2 Å². The molecule has 0 atom stereocenters. The van der Waals surface area contributed by atoms with Crippen LogP contribution < -0.4 is 4.90 Å². The van der Waals surface area contributed by atoms with E-state index in [1.165, 1.54) is 27.8 Å². The number of sulfonamides is 1. The molecular formula is C25H33ClN4O3S2. The minimum Gasteiger partial charge on any atom is -0.309 e. The van der Waals surface area contributed by atoms with E-state index in [0.29, 0.717) is 40.9 Å². The number of amides is 1. The number of benzene rings is 2. The summed E-state index contributed by atoms with van der Waals surface area (Å²) in [6.07, 6.45) is 2.48. The van der Waals surface area contributed by atoms with Gasteiger partial charge in [0.25, 0.3) is 5.91 Å². The Morgan fingerprint density at radius 1 is 1.00 bits per heavy atom. The number of nitrogens with zero attached hydrogens (tertiary/aromatic N) is 4. The quantitative estimate of drug-likeness (QED) is 0.311. The van der Waals surface area contributed by atoms with Crippen molar-refractivity contribution in [2.75, 3.05) is 45.2 Å². The highest BCUT2D eigenvalue weighted by molar-refractivity contribution is 7.89. The molecule has 0 unspecified atom stereocenters. The first kappa shape index (κ1) is 27.5. The van der Waals surface area contributed by atoms with Gasteiger partial charge >= 0.3 is 0 Å². The summed E-state index contributed by atoms with van der Waals surface area (Å²) < 4.78 is 28.5. The van der Waals surface area contributed by atoms with Gasteiger partial charge in [-0.3, -0.25) is 9.69 Å². The SMILES string of the molecule is CCCCN(CC)S(=O)(=O)c1ccc(C(=O)N(CCCN(C)C)c2nc3c(Cl)cccc3s2)cc1. The van der Waals surface area contributed by atoms with Crippen LogP contribution in [0, 0.1) is 0 Å². The van der Waals surface area contributed by atoms with Gasteiger partial charge in [-0.05, 0) is 69.9 Å². The molecule has 0 fully saturated rings. The fraction of sp³-hybridized carbons (Fsp3) is 0.440. The number of rotatable bonds is 12. The summed E-state index contributed by atoms with van der Waals surface area (Å²) in [6.45, 7) is 6.05. The van der Waals surface area contributed by atoms with Crippen molar-refractivity contribution in [2.45, 2.75) is 38.0 Å². The molecule has 0 aliphatic rings. The van der Waals surface area contributed by atoms with Crippen LogP contribution in [0.25, 0.3) is 10.2 Å². The third kappa shape index (κ3) is 6.59. The maximum absolute atomic E-state index is 13.6. The van der Waals surface area contributed by atoms with E-state index >= 15 is 0 Å². The van der Waals surface area contributed by atoms with Gasteiger partial charge in [0.15, 0.2) is 5.13 Å². The molecule has 190 valence electrons. The monoisotopic (exact) mass is 536 g/mol. The van der Waals surface area contributed by atoms with Crippen LogP contribution in [0.1, 0.15) is 43.5 Å². The molecule has 3 aromatic rings. The average molecular weight is 537 g/mol. The largest absolute Gasteiger partial charge is 0.309 e. The van der Waals surface area contributed by atoms with E-state index in [2.05, 4.69) is 9.88 Å². The second-order valence-corrected chi connectivity index (χ2v) is 11.9. The van der Waals surface area contributed by atoms with Crippen molar-refractivity contribution in [1.82, 2.24) is 14.2 Å². The Morgan fingerprint density at radius 3 is 2.31 bits per heavy atom. The Balaban J connectivity index is 1.90. The molecule has 1 aromatic heterocycles. The van der Waals surface area contributed by atoms with E-state index in [-0.39, 0.29) is 10.8 Å². The van der Waals surface area contributed by atoms with Crippen LogP contribution in [-0.2, 0) is 10.0 Å². The predicted molar refractivity (Wildman–Crippen MR) is 145 cm³/mol. The Labute approximate surface area is 217 Å². The van der Waals surface area contributed by atoms with Crippen molar-refractivity contribution in [2.24, 2.45) is 0 Å². The summed E-state index contributed by atoms with van der Waals surface area (Å²) in [5.41, 5.74) is 1.09. The molecule has 7 nitrogen and oxygen atoms in total. The van der Waals surface area contributed by atoms with Crippen LogP contribution in [0.2, 0.25) is 5.02 Å². The summed E-state index contributed by atoms with van der Waals surface area (Å²) in [4.78, 5) is 22.1. The summed E-state index contributed by atoms with van der Waals surface area (Å²) in [6, 6.07) is 11.8. The van der Waals surface area contributed by atoms with Gasteiger partial charge in [-0.25, -0.2) is 13.4 Å². The van der Waals surface area contributed by atoms with Gasteiger partial charge in [0.05, 0.1) is 14.6 Å². The molecular weight excluding hydrogens is 504 g/mol. The zero-order valence-electron chi connectivity index (χ0n) is 20.7. The van der Waals surface area contributed by atoms with Crippen LogP contribution in [0.15, 0.2) is 47.4 Å². The molecule has 0 saturated heterocycles. The molecule has 0 bridgehead atoms. The average Bonchev–Trinajstić information content (AvgIpc) is 3.27. The topological polar surface area (TPSA) is 73.8 Å². The molecule has 0 radical (unpaired) electrons. The predicted octanol–water partition coefficient (Wildman–Crippen LogP) is 5.36. The third-order valence-electron chi connectivity index (χ3n) is 5.67. The highest BCUT2D eigenvalue weighted by Crippen LogP contribution is 2.33. The second kappa shape index (κ2) is 12.3. The van der Waals surface area contributed by atoms with Gasteiger partial charge in [-0.2, -0.15) is 4.31 Å².